The predicted molar refractivity (Wildman–Crippen MR) is 70.1 cm³/mol. The maximum atomic E-state index is 11.5. The Balaban J connectivity index is 1.89. The highest BCUT2D eigenvalue weighted by molar-refractivity contribution is 5.77. The van der Waals surface area contributed by atoms with Crippen LogP contribution in [0.5, 0.6) is 5.75 Å². The average Bonchev–Trinajstić information content (AvgIpc) is 2.79. The standard InChI is InChI=1S/C14H19NO4/c1-18-8-7-15-14(17)9-19-13-4-2-3-10-11(13)5-6-12(10)16/h2-4,12,16H,5-9H2,1H3,(H,15,17). The maximum absolute atomic E-state index is 11.5. The van der Waals surface area contributed by atoms with Crippen molar-refractivity contribution < 1.29 is 19.4 Å². The third-order valence-corrected chi connectivity index (χ3v) is 3.18. The van der Waals surface area contributed by atoms with Gasteiger partial charge in [-0.25, -0.2) is 0 Å². The molecule has 0 fully saturated rings. The van der Waals surface area contributed by atoms with E-state index < -0.39 is 6.10 Å². The zero-order chi connectivity index (χ0) is 13.7. The zero-order valence-electron chi connectivity index (χ0n) is 11.0. The first kappa shape index (κ1) is 13.8. The number of aliphatic hydroxyl groups excluding tert-OH is 1. The molecule has 1 atom stereocenters. The first-order valence-electron chi connectivity index (χ1n) is 6.40. The molecule has 0 heterocycles. The molecule has 0 radical (unpaired) electrons. The molecule has 5 heteroatoms. The average molecular weight is 265 g/mol. The predicted octanol–water partition coefficient (Wildman–Crippen LogP) is 0.808. The lowest BCUT2D eigenvalue weighted by atomic mass is 10.1. The Morgan fingerprint density at radius 3 is 3.16 bits per heavy atom. The topological polar surface area (TPSA) is 67.8 Å². The van der Waals surface area contributed by atoms with Gasteiger partial charge in [0.15, 0.2) is 6.61 Å². The first-order valence-corrected chi connectivity index (χ1v) is 6.40. The quantitative estimate of drug-likeness (QED) is 0.747. The first-order chi connectivity index (χ1) is 9.22. The summed E-state index contributed by atoms with van der Waals surface area (Å²) in [7, 11) is 1.58. The van der Waals surface area contributed by atoms with Gasteiger partial charge in [0.25, 0.3) is 5.91 Å². The van der Waals surface area contributed by atoms with Crippen molar-refractivity contribution in [1.29, 1.82) is 0 Å². The van der Waals surface area contributed by atoms with E-state index in [2.05, 4.69) is 5.32 Å². The van der Waals surface area contributed by atoms with Gasteiger partial charge in [-0.15, -0.1) is 0 Å². The van der Waals surface area contributed by atoms with Crippen LogP contribution in [0, 0.1) is 0 Å². The van der Waals surface area contributed by atoms with E-state index in [1.54, 1.807) is 7.11 Å². The van der Waals surface area contributed by atoms with E-state index in [-0.39, 0.29) is 12.5 Å². The number of benzene rings is 1. The van der Waals surface area contributed by atoms with Crippen LogP contribution in [-0.4, -0.2) is 37.9 Å². The van der Waals surface area contributed by atoms with Crippen LogP contribution in [0.25, 0.3) is 0 Å². The fourth-order valence-electron chi connectivity index (χ4n) is 2.22. The van der Waals surface area contributed by atoms with Gasteiger partial charge in [0.05, 0.1) is 12.7 Å². The van der Waals surface area contributed by atoms with Crippen molar-refractivity contribution in [2.45, 2.75) is 18.9 Å². The summed E-state index contributed by atoms with van der Waals surface area (Å²) in [5, 5.41) is 12.5. The number of hydrogen-bond acceptors (Lipinski definition) is 4. The molecule has 0 saturated heterocycles. The van der Waals surface area contributed by atoms with Gasteiger partial charge in [0.1, 0.15) is 5.75 Å². The molecule has 5 nitrogen and oxygen atoms in total. The summed E-state index contributed by atoms with van der Waals surface area (Å²) in [5.74, 6) is 0.518. The number of fused-ring (bicyclic) bond motifs is 1. The molecule has 19 heavy (non-hydrogen) atoms. The van der Waals surface area contributed by atoms with Gasteiger partial charge in [0, 0.05) is 19.2 Å². The summed E-state index contributed by atoms with van der Waals surface area (Å²) in [6.45, 7) is 0.944. The molecule has 104 valence electrons. The molecule has 1 aliphatic carbocycles. The Morgan fingerprint density at radius 1 is 1.53 bits per heavy atom. The fourth-order valence-corrected chi connectivity index (χ4v) is 2.22. The highest BCUT2D eigenvalue weighted by Gasteiger charge is 2.23. The van der Waals surface area contributed by atoms with Crippen LogP contribution in [0.2, 0.25) is 0 Å². The molecule has 1 aliphatic rings. The summed E-state index contributed by atoms with van der Waals surface area (Å²) in [6, 6.07) is 5.57. The number of ether oxygens (including phenoxy) is 2. The zero-order valence-corrected chi connectivity index (χ0v) is 11.0. The molecule has 0 saturated carbocycles. The number of amides is 1. The molecule has 0 spiro atoms. The number of nitrogens with one attached hydrogen (secondary N) is 1. The van der Waals surface area contributed by atoms with Crippen LogP contribution in [0.15, 0.2) is 18.2 Å². The lowest BCUT2D eigenvalue weighted by molar-refractivity contribution is -0.123. The Kier molecular flexibility index (Phi) is 4.76. The molecule has 0 aromatic heterocycles. The molecule has 1 aromatic carbocycles. The van der Waals surface area contributed by atoms with E-state index >= 15 is 0 Å². The lowest BCUT2D eigenvalue weighted by Gasteiger charge is -2.11. The smallest absolute Gasteiger partial charge is 0.258 e. The second-order valence-corrected chi connectivity index (χ2v) is 4.51. The summed E-state index contributed by atoms with van der Waals surface area (Å²) in [4.78, 5) is 11.5. The van der Waals surface area contributed by atoms with Crippen molar-refractivity contribution in [3.8, 4) is 5.75 Å². The van der Waals surface area contributed by atoms with Gasteiger partial charge in [-0.2, -0.15) is 0 Å². The third-order valence-electron chi connectivity index (χ3n) is 3.18. The minimum absolute atomic E-state index is 0.0176. The Morgan fingerprint density at radius 2 is 2.37 bits per heavy atom. The second-order valence-electron chi connectivity index (χ2n) is 4.51. The van der Waals surface area contributed by atoms with Crippen LogP contribution in [0.3, 0.4) is 0 Å². The minimum atomic E-state index is -0.408. The van der Waals surface area contributed by atoms with Crippen molar-refractivity contribution >= 4 is 5.91 Å². The normalized spacial score (nSPS) is 17.1. The van der Waals surface area contributed by atoms with E-state index in [0.717, 1.165) is 24.0 Å². The van der Waals surface area contributed by atoms with Crippen molar-refractivity contribution in [3.05, 3.63) is 29.3 Å². The molecule has 1 amide bonds. The minimum Gasteiger partial charge on any atom is -0.483 e. The Labute approximate surface area is 112 Å². The summed E-state index contributed by atoms with van der Waals surface area (Å²) in [6.07, 6.45) is 1.10. The second kappa shape index (κ2) is 6.54. The molecule has 1 aromatic rings. The van der Waals surface area contributed by atoms with Crippen LogP contribution in [0.1, 0.15) is 23.7 Å². The Bertz CT molecular complexity index is 447. The van der Waals surface area contributed by atoms with Gasteiger partial charge in [-0.05, 0) is 24.5 Å². The van der Waals surface area contributed by atoms with E-state index in [1.165, 1.54) is 0 Å². The molecule has 0 aliphatic heterocycles. The Hall–Kier alpha value is -1.59. The van der Waals surface area contributed by atoms with E-state index in [0.29, 0.717) is 18.9 Å². The number of hydrogen-bond donors (Lipinski definition) is 2. The maximum Gasteiger partial charge on any atom is 0.258 e. The van der Waals surface area contributed by atoms with Crippen molar-refractivity contribution in [2.24, 2.45) is 0 Å². The van der Waals surface area contributed by atoms with Crippen molar-refractivity contribution in [2.75, 3.05) is 26.9 Å². The largest absolute Gasteiger partial charge is 0.483 e. The summed E-state index contributed by atoms with van der Waals surface area (Å²) in [5.41, 5.74) is 1.93. The molecular formula is C14H19NO4. The molecular weight excluding hydrogens is 246 g/mol. The van der Waals surface area contributed by atoms with Crippen LogP contribution < -0.4 is 10.1 Å². The van der Waals surface area contributed by atoms with Gasteiger partial charge in [0.2, 0.25) is 0 Å². The summed E-state index contributed by atoms with van der Waals surface area (Å²) < 4.78 is 10.4. The number of carbonyl (C=O) groups excluding carboxylic acids is 1. The SMILES string of the molecule is COCCNC(=O)COc1cccc2c1CCC2O. The van der Waals surface area contributed by atoms with E-state index in [9.17, 15) is 9.90 Å². The highest BCUT2D eigenvalue weighted by atomic mass is 16.5. The van der Waals surface area contributed by atoms with Crippen LogP contribution in [-0.2, 0) is 16.0 Å². The monoisotopic (exact) mass is 265 g/mol. The third kappa shape index (κ3) is 3.45. The lowest BCUT2D eigenvalue weighted by Crippen LogP contribution is -2.31. The van der Waals surface area contributed by atoms with Gasteiger partial charge in [-0.3, -0.25) is 4.79 Å². The number of aliphatic hydroxyl groups is 1. The van der Waals surface area contributed by atoms with Gasteiger partial charge in [-0.1, -0.05) is 12.1 Å². The molecule has 0 bridgehead atoms. The van der Waals surface area contributed by atoms with E-state index in [1.807, 2.05) is 18.2 Å². The fraction of sp³-hybridized carbons (Fsp3) is 0.500. The summed E-state index contributed by atoms with van der Waals surface area (Å²) >= 11 is 0. The van der Waals surface area contributed by atoms with Gasteiger partial charge >= 0.3 is 0 Å². The highest BCUT2D eigenvalue weighted by Crippen LogP contribution is 2.36. The molecule has 2 N–H and O–H groups in total. The molecule has 1 unspecified atom stereocenters. The number of methoxy groups -OCH3 is 1. The molecule has 2 rings (SSSR count). The van der Waals surface area contributed by atoms with Crippen molar-refractivity contribution in [3.63, 3.8) is 0 Å². The van der Waals surface area contributed by atoms with Crippen molar-refractivity contribution in [1.82, 2.24) is 5.32 Å². The van der Waals surface area contributed by atoms with Crippen LogP contribution >= 0.6 is 0 Å². The number of rotatable bonds is 6. The van der Waals surface area contributed by atoms with Gasteiger partial charge < -0.3 is 19.9 Å². The van der Waals surface area contributed by atoms with E-state index in [4.69, 9.17) is 9.47 Å². The van der Waals surface area contributed by atoms with Crippen LogP contribution in [0.4, 0.5) is 0 Å². The number of carbonyl (C=O) groups is 1.